The van der Waals surface area contributed by atoms with Crippen molar-refractivity contribution >= 4 is 5.97 Å². The summed E-state index contributed by atoms with van der Waals surface area (Å²) in [5.41, 5.74) is 1.03. The third kappa shape index (κ3) is 3.16. The third-order valence-corrected chi connectivity index (χ3v) is 3.51. The maximum atomic E-state index is 11.9. The molecule has 0 radical (unpaired) electrons. The fraction of sp³-hybridized carbons (Fsp3) is 0.467. The molecule has 20 heavy (non-hydrogen) atoms. The summed E-state index contributed by atoms with van der Waals surface area (Å²) in [7, 11) is 1.37. The van der Waals surface area contributed by atoms with Gasteiger partial charge in [-0.2, -0.15) is 5.26 Å². The minimum atomic E-state index is -0.452. The number of carbonyl (C=O) groups is 1. The molecule has 0 aliphatic carbocycles. The van der Waals surface area contributed by atoms with Gasteiger partial charge in [-0.15, -0.1) is 0 Å². The van der Waals surface area contributed by atoms with Gasteiger partial charge in [0, 0.05) is 12.6 Å². The Hall–Kier alpha value is -1.90. The van der Waals surface area contributed by atoms with Gasteiger partial charge in [0.05, 0.1) is 32.8 Å². The third-order valence-electron chi connectivity index (χ3n) is 3.51. The van der Waals surface area contributed by atoms with Crippen LogP contribution in [0.5, 0.6) is 0 Å². The summed E-state index contributed by atoms with van der Waals surface area (Å²) in [4.78, 5) is 13.9. The molecule has 0 bridgehead atoms. The van der Waals surface area contributed by atoms with Crippen molar-refractivity contribution in [2.75, 3.05) is 26.9 Å². The summed E-state index contributed by atoms with van der Waals surface area (Å²) in [6.07, 6.45) is 0.331. The van der Waals surface area contributed by atoms with Crippen LogP contribution in [0.3, 0.4) is 0 Å². The van der Waals surface area contributed by atoms with Crippen molar-refractivity contribution in [2.45, 2.75) is 18.5 Å². The first-order valence-electron chi connectivity index (χ1n) is 6.61. The molecular weight excluding hydrogens is 256 g/mol. The predicted molar refractivity (Wildman–Crippen MR) is 72.7 cm³/mol. The van der Waals surface area contributed by atoms with Crippen molar-refractivity contribution in [3.05, 3.63) is 35.9 Å². The number of hydrogen-bond acceptors (Lipinski definition) is 5. The van der Waals surface area contributed by atoms with E-state index in [1.807, 2.05) is 35.2 Å². The van der Waals surface area contributed by atoms with Crippen molar-refractivity contribution in [1.29, 1.82) is 5.26 Å². The molecule has 2 unspecified atom stereocenters. The van der Waals surface area contributed by atoms with Crippen LogP contribution in [0.25, 0.3) is 0 Å². The largest absolute Gasteiger partial charge is 0.468 e. The molecule has 2 rings (SSSR count). The Balaban J connectivity index is 2.27. The van der Waals surface area contributed by atoms with E-state index >= 15 is 0 Å². The van der Waals surface area contributed by atoms with E-state index in [-0.39, 0.29) is 12.0 Å². The number of carbonyl (C=O) groups excluding carboxylic acids is 1. The van der Waals surface area contributed by atoms with E-state index in [1.54, 1.807) is 0 Å². The number of esters is 1. The second-order valence-electron chi connectivity index (χ2n) is 4.64. The number of morpholine rings is 1. The lowest BCUT2D eigenvalue weighted by Crippen LogP contribution is -2.51. The zero-order valence-electron chi connectivity index (χ0n) is 11.5. The molecule has 5 heteroatoms. The number of nitrogens with zero attached hydrogens (tertiary/aromatic N) is 2. The van der Waals surface area contributed by atoms with Crippen LogP contribution in [-0.4, -0.2) is 43.8 Å². The van der Waals surface area contributed by atoms with Gasteiger partial charge >= 0.3 is 5.97 Å². The summed E-state index contributed by atoms with van der Waals surface area (Å²) in [6.45, 7) is 1.48. The topological polar surface area (TPSA) is 62.6 Å². The zero-order chi connectivity index (χ0) is 14.4. The normalized spacial score (nSPS) is 20.9. The van der Waals surface area contributed by atoms with Crippen LogP contribution in [0, 0.1) is 11.3 Å². The lowest BCUT2D eigenvalue weighted by atomic mass is 10.00. The summed E-state index contributed by atoms with van der Waals surface area (Å²) in [5.74, 6) is -0.316. The van der Waals surface area contributed by atoms with Crippen LogP contribution in [0.4, 0.5) is 0 Å². The highest BCUT2D eigenvalue weighted by molar-refractivity contribution is 5.76. The van der Waals surface area contributed by atoms with Crippen molar-refractivity contribution in [3.63, 3.8) is 0 Å². The molecule has 1 fully saturated rings. The number of rotatable bonds is 4. The van der Waals surface area contributed by atoms with Gasteiger partial charge in [-0.3, -0.25) is 9.69 Å². The van der Waals surface area contributed by atoms with E-state index in [2.05, 4.69) is 6.07 Å². The number of nitriles is 1. The number of benzene rings is 1. The molecule has 1 aliphatic rings. The highest BCUT2D eigenvalue weighted by atomic mass is 16.5. The highest BCUT2D eigenvalue weighted by Gasteiger charge is 2.35. The molecule has 1 heterocycles. The first-order chi connectivity index (χ1) is 9.77. The molecule has 0 saturated carbocycles. The zero-order valence-corrected chi connectivity index (χ0v) is 11.5. The van der Waals surface area contributed by atoms with E-state index < -0.39 is 6.04 Å². The number of ether oxygens (including phenoxy) is 2. The maximum Gasteiger partial charge on any atom is 0.325 e. The predicted octanol–water partition coefficient (Wildman–Crippen LogP) is 1.52. The van der Waals surface area contributed by atoms with Gasteiger partial charge in [-0.25, -0.2) is 0 Å². The van der Waals surface area contributed by atoms with Crippen LogP contribution in [0.15, 0.2) is 30.3 Å². The summed E-state index contributed by atoms with van der Waals surface area (Å²) in [5, 5.41) is 9.09. The molecular formula is C15H18N2O3. The Morgan fingerprint density at radius 3 is 2.95 bits per heavy atom. The lowest BCUT2D eigenvalue weighted by molar-refractivity contribution is -0.155. The van der Waals surface area contributed by atoms with Gasteiger partial charge in [-0.05, 0) is 5.56 Å². The fourth-order valence-electron chi connectivity index (χ4n) is 2.52. The Morgan fingerprint density at radius 2 is 2.30 bits per heavy atom. The summed E-state index contributed by atoms with van der Waals surface area (Å²) >= 11 is 0. The molecule has 0 aromatic heterocycles. The molecule has 1 saturated heterocycles. The molecule has 106 valence electrons. The Bertz CT molecular complexity index is 484. The maximum absolute atomic E-state index is 11.9. The van der Waals surface area contributed by atoms with Gasteiger partial charge in [-0.1, -0.05) is 30.3 Å². The van der Waals surface area contributed by atoms with Crippen LogP contribution < -0.4 is 0 Å². The first-order valence-corrected chi connectivity index (χ1v) is 6.61. The summed E-state index contributed by atoms with van der Waals surface area (Å²) < 4.78 is 10.2. The van der Waals surface area contributed by atoms with Gasteiger partial charge in [0.1, 0.15) is 6.04 Å². The van der Waals surface area contributed by atoms with E-state index in [4.69, 9.17) is 14.7 Å². The first kappa shape index (κ1) is 14.5. The van der Waals surface area contributed by atoms with Crippen LogP contribution in [-0.2, 0) is 14.3 Å². The minimum Gasteiger partial charge on any atom is -0.468 e. The molecule has 1 aliphatic heterocycles. The minimum absolute atomic E-state index is 0.116. The molecule has 5 nitrogen and oxygen atoms in total. The smallest absolute Gasteiger partial charge is 0.325 e. The second-order valence-corrected chi connectivity index (χ2v) is 4.64. The van der Waals surface area contributed by atoms with Gasteiger partial charge in [0.2, 0.25) is 0 Å². The molecule has 0 N–H and O–H groups in total. The van der Waals surface area contributed by atoms with Crippen LogP contribution >= 0.6 is 0 Å². The average molecular weight is 274 g/mol. The second kappa shape index (κ2) is 7.04. The van der Waals surface area contributed by atoms with Crippen molar-refractivity contribution in [1.82, 2.24) is 4.90 Å². The fourth-order valence-corrected chi connectivity index (χ4v) is 2.52. The number of methoxy groups -OCH3 is 1. The SMILES string of the molecule is COC(=O)C1COCCN1C(CC#N)c1ccccc1. The van der Waals surface area contributed by atoms with E-state index in [1.165, 1.54) is 7.11 Å². The molecule has 1 aromatic carbocycles. The molecule has 0 amide bonds. The van der Waals surface area contributed by atoms with Crippen molar-refractivity contribution in [3.8, 4) is 6.07 Å². The number of hydrogen-bond donors (Lipinski definition) is 0. The van der Waals surface area contributed by atoms with Crippen molar-refractivity contribution < 1.29 is 14.3 Å². The van der Waals surface area contributed by atoms with E-state index in [0.717, 1.165) is 5.56 Å². The van der Waals surface area contributed by atoms with E-state index in [0.29, 0.717) is 26.2 Å². The van der Waals surface area contributed by atoms with Gasteiger partial charge < -0.3 is 9.47 Å². The van der Waals surface area contributed by atoms with Crippen molar-refractivity contribution in [2.24, 2.45) is 0 Å². The highest BCUT2D eigenvalue weighted by Crippen LogP contribution is 2.28. The van der Waals surface area contributed by atoms with Crippen LogP contribution in [0.2, 0.25) is 0 Å². The monoisotopic (exact) mass is 274 g/mol. The molecule has 2 atom stereocenters. The van der Waals surface area contributed by atoms with Crippen LogP contribution in [0.1, 0.15) is 18.0 Å². The standard InChI is InChI=1S/C15H18N2O3/c1-19-15(18)14-11-20-10-9-17(14)13(7-8-16)12-5-3-2-4-6-12/h2-6,13-14H,7,9-11H2,1H3. The molecule has 1 aromatic rings. The van der Waals surface area contributed by atoms with Gasteiger partial charge in [0.15, 0.2) is 0 Å². The Kier molecular flexibility index (Phi) is 5.10. The van der Waals surface area contributed by atoms with E-state index in [9.17, 15) is 4.79 Å². The average Bonchev–Trinajstić information content (AvgIpc) is 2.53. The quantitative estimate of drug-likeness (QED) is 0.779. The van der Waals surface area contributed by atoms with Gasteiger partial charge in [0.25, 0.3) is 0 Å². The Labute approximate surface area is 118 Å². The Morgan fingerprint density at radius 1 is 1.55 bits per heavy atom. The lowest BCUT2D eigenvalue weighted by Gasteiger charge is -2.38. The summed E-state index contributed by atoms with van der Waals surface area (Å²) in [6, 6.07) is 11.4. The molecule has 0 spiro atoms.